The van der Waals surface area contributed by atoms with E-state index in [1.54, 1.807) is 0 Å². The summed E-state index contributed by atoms with van der Waals surface area (Å²) in [5.41, 5.74) is 13.0. The number of rotatable bonds is 4. The highest BCUT2D eigenvalue weighted by Crippen LogP contribution is 2.40. The number of aryl methyl sites for hydroxylation is 3. The van der Waals surface area contributed by atoms with Gasteiger partial charge < -0.3 is 0 Å². The van der Waals surface area contributed by atoms with Gasteiger partial charge in [-0.3, -0.25) is 0 Å². The van der Waals surface area contributed by atoms with Gasteiger partial charge in [0.25, 0.3) is 0 Å². The Morgan fingerprint density at radius 3 is 1.69 bits per heavy atom. The molecule has 0 heterocycles. The molecule has 0 fully saturated rings. The van der Waals surface area contributed by atoms with E-state index in [1.165, 1.54) is 77.2 Å². The Kier molecular flexibility index (Phi) is 6.37. The second-order valence-corrected chi connectivity index (χ2v) is 10.3. The van der Waals surface area contributed by atoms with E-state index in [-0.39, 0.29) is 0 Å². The Balaban J connectivity index is 1.69. The van der Waals surface area contributed by atoms with Crippen molar-refractivity contribution in [2.45, 2.75) is 41.5 Å². The van der Waals surface area contributed by atoms with Crippen molar-refractivity contribution in [1.29, 1.82) is 0 Å². The van der Waals surface area contributed by atoms with Crippen molar-refractivity contribution in [3.05, 3.63) is 125 Å². The molecule has 0 radical (unpaired) electrons. The highest BCUT2D eigenvalue weighted by molar-refractivity contribution is 6.08. The Morgan fingerprint density at radius 1 is 0.528 bits per heavy atom. The van der Waals surface area contributed by atoms with Crippen molar-refractivity contribution in [2.24, 2.45) is 0 Å². The summed E-state index contributed by atoms with van der Waals surface area (Å²) in [5, 5.41) is 5.19. The molecule has 0 bridgehead atoms. The lowest BCUT2D eigenvalue weighted by Gasteiger charge is -2.17. The minimum Gasteiger partial charge on any atom is -0.0764 e. The summed E-state index contributed by atoms with van der Waals surface area (Å²) >= 11 is 0. The first-order valence-corrected chi connectivity index (χ1v) is 12.8. The Labute approximate surface area is 215 Å². The number of allylic oxidation sites excluding steroid dienone is 4. The van der Waals surface area contributed by atoms with E-state index in [0.717, 1.165) is 0 Å². The van der Waals surface area contributed by atoms with Crippen molar-refractivity contribution in [3.8, 4) is 22.3 Å². The van der Waals surface area contributed by atoms with Gasteiger partial charge in [-0.1, -0.05) is 96.1 Å². The van der Waals surface area contributed by atoms with E-state index in [9.17, 15) is 0 Å². The summed E-state index contributed by atoms with van der Waals surface area (Å²) in [6.07, 6.45) is 4.40. The van der Waals surface area contributed by atoms with Gasteiger partial charge in [0, 0.05) is 0 Å². The van der Waals surface area contributed by atoms with Gasteiger partial charge in [0.05, 0.1) is 0 Å². The lowest BCUT2D eigenvalue weighted by atomic mass is 9.86. The van der Waals surface area contributed by atoms with Crippen molar-refractivity contribution in [1.82, 2.24) is 0 Å². The molecule has 0 spiro atoms. The quantitative estimate of drug-likeness (QED) is 0.231. The van der Waals surface area contributed by atoms with Crippen LogP contribution in [0.3, 0.4) is 0 Å². The topological polar surface area (TPSA) is 0 Å². The Hall–Kier alpha value is -3.90. The smallest absolute Gasteiger partial charge is 0.00672 e. The molecule has 5 aromatic rings. The number of hydrogen-bond donors (Lipinski definition) is 0. The van der Waals surface area contributed by atoms with Crippen molar-refractivity contribution >= 4 is 27.1 Å². The zero-order valence-corrected chi connectivity index (χ0v) is 22.2. The van der Waals surface area contributed by atoms with Gasteiger partial charge in [0.2, 0.25) is 0 Å². The molecular weight excluding hydrogens is 432 g/mol. The maximum absolute atomic E-state index is 2.33. The summed E-state index contributed by atoms with van der Waals surface area (Å²) in [5.74, 6) is 0. The number of fused-ring (bicyclic) bond motifs is 2. The zero-order valence-electron chi connectivity index (χ0n) is 22.2. The molecule has 5 rings (SSSR count). The third-order valence-corrected chi connectivity index (χ3v) is 7.21. The maximum atomic E-state index is 2.33. The lowest BCUT2D eigenvalue weighted by molar-refractivity contribution is 1.39. The van der Waals surface area contributed by atoms with Gasteiger partial charge in [-0.05, 0) is 120 Å². The van der Waals surface area contributed by atoms with Crippen LogP contribution in [-0.4, -0.2) is 0 Å². The predicted molar refractivity (Wildman–Crippen MR) is 160 cm³/mol. The third-order valence-electron chi connectivity index (χ3n) is 7.21. The van der Waals surface area contributed by atoms with Crippen LogP contribution >= 0.6 is 0 Å². The summed E-state index contributed by atoms with van der Waals surface area (Å²) in [7, 11) is 0. The molecule has 0 aliphatic carbocycles. The second-order valence-electron chi connectivity index (χ2n) is 10.3. The first-order valence-electron chi connectivity index (χ1n) is 12.8. The first-order chi connectivity index (χ1) is 17.3. The van der Waals surface area contributed by atoms with E-state index in [2.05, 4.69) is 139 Å². The van der Waals surface area contributed by atoms with E-state index in [4.69, 9.17) is 0 Å². The first kappa shape index (κ1) is 23.8. The largest absolute Gasteiger partial charge is 0.0764 e. The second kappa shape index (κ2) is 9.63. The molecule has 0 aliphatic heterocycles. The fourth-order valence-corrected chi connectivity index (χ4v) is 5.10. The minimum absolute atomic E-state index is 1.26. The highest BCUT2D eigenvalue weighted by atomic mass is 14.2. The molecule has 0 aromatic heterocycles. The zero-order chi connectivity index (χ0) is 25.4. The molecule has 0 amide bonds. The molecular formula is C36H34. The SMILES string of the molecule is CC(C)=C/C=C(\C)c1ccc2c(-c3c(C)ccc4cc(-c5ccc(C)cc5)ccc34)c(C)ccc2c1. The Bertz CT molecular complexity index is 1650. The van der Waals surface area contributed by atoms with Crippen LogP contribution in [0.4, 0.5) is 0 Å². The molecule has 0 N–H and O–H groups in total. The van der Waals surface area contributed by atoms with Crippen LogP contribution in [0.2, 0.25) is 0 Å². The summed E-state index contributed by atoms with van der Waals surface area (Å²) in [6, 6.07) is 31.7. The molecule has 178 valence electrons. The van der Waals surface area contributed by atoms with Crippen LogP contribution in [0.25, 0.3) is 49.4 Å². The molecule has 0 saturated carbocycles. The summed E-state index contributed by atoms with van der Waals surface area (Å²) < 4.78 is 0. The molecule has 0 saturated heterocycles. The van der Waals surface area contributed by atoms with E-state index >= 15 is 0 Å². The predicted octanol–water partition coefficient (Wildman–Crippen LogP) is 10.6. The van der Waals surface area contributed by atoms with Gasteiger partial charge in [-0.15, -0.1) is 0 Å². The van der Waals surface area contributed by atoms with Gasteiger partial charge in [0.1, 0.15) is 0 Å². The van der Waals surface area contributed by atoms with Crippen LogP contribution in [0, 0.1) is 20.8 Å². The van der Waals surface area contributed by atoms with Gasteiger partial charge in [0.15, 0.2) is 0 Å². The van der Waals surface area contributed by atoms with Crippen LogP contribution < -0.4 is 0 Å². The van der Waals surface area contributed by atoms with E-state index in [0.29, 0.717) is 0 Å². The molecule has 0 aliphatic rings. The molecule has 5 aromatic carbocycles. The minimum atomic E-state index is 1.26. The fourth-order valence-electron chi connectivity index (χ4n) is 5.10. The maximum Gasteiger partial charge on any atom is -0.00672 e. The summed E-state index contributed by atoms with van der Waals surface area (Å²) in [4.78, 5) is 0. The molecule has 0 unspecified atom stereocenters. The fraction of sp³-hybridized carbons (Fsp3) is 0.167. The van der Waals surface area contributed by atoms with E-state index < -0.39 is 0 Å². The standard InChI is InChI=1S/C36H34/c1-23(2)7-10-25(4)29-17-19-33-31(21-29)15-11-26(5)35(33)36-27(6)12-16-32-22-30(18-20-34(32)36)28-13-8-24(3)9-14-28/h7-22H,1-6H3/b25-10+. The van der Waals surface area contributed by atoms with Crippen LogP contribution in [0.15, 0.2) is 103 Å². The highest BCUT2D eigenvalue weighted by Gasteiger charge is 2.14. The monoisotopic (exact) mass is 466 g/mol. The van der Waals surface area contributed by atoms with Crippen LogP contribution in [0.5, 0.6) is 0 Å². The van der Waals surface area contributed by atoms with Crippen LogP contribution in [-0.2, 0) is 0 Å². The Morgan fingerprint density at radius 2 is 1.08 bits per heavy atom. The number of benzene rings is 5. The molecule has 0 heteroatoms. The normalized spacial score (nSPS) is 11.8. The van der Waals surface area contributed by atoms with Gasteiger partial charge in [-0.25, -0.2) is 0 Å². The van der Waals surface area contributed by atoms with Crippen molar-refractivity contribution < 1.29 is 0 Å². The van der Waals surface area contributed by atoms with Gasteiger partial charge in [-0.2, -0.15) is 0 Å². The lowest BCUT2D eigenvalue weighted by Crippen LogP contribution is -1.93. The number of hydrogen-bond acceptors (Lipinski definition) is 0. The molecule has 36 heavy (non-hydrogen) atoms. The third kappa shape index (κ3) is 4.52. The average molecular weight is 467 g/mol. The van der Waals surface area contributed by atoms with Crippen molar-refractivity contribution in [3.63, 3.8) is 0 Å². The van der Waals surface area contributed by atoms with E-state index in [1.807, 2.05) is 0 Å². The van der Waals surface area contributed by atoms with Gasteiger partial charge >= 0.3 is 0 Å². The molecule has 0 atom stereocenters. The average Bonchev–Trinajstić information content (AvgIpc) is 2.88. The van der Waals surface area contributed by atoms with Crippen molar-refractivity contribution in [2.75, 3.05) is 0 Å². The molecule has 0 nitrogen and oxygen atoms in total. The summed E-state index contributed by atoms with van der Waals surface area (Å²) in [6.45, 7) is 13.1. The van der Waals surface area contributed by atoms with Crippen LogP contribution in [0.1, 0.15) is 43.0 Å².